The van der Waals surface area contributed by atoms with Crippen LogP contribution in [0.3, 0.4) is 0 Å². The topological polar surface area (TPSA) is 6.48 Å². The zero-order chi connectivity index (χ0) is 15.2. The van der Waals surface area contributed by atoms with E-state index in [1.165, 1.54) is 43.9 Å². The van der Waals surface area contributed by atoms with Crippen molar-refractivity contribution in [1.82, 2.24) is 9.80 Å². The van der Waals surface area contributed by atoms with Crippen molar-refractivity contribution in [3.05, 3.63) is 71.8 Å². The predicted octanol–water partition coefficient (Wildman–Crippen LogP) is 3.61. The summed E-state index contributed by atoms with van der Waals surface area (Å²) in [5, 5.41) is 0. The van der Waals surface area contributed by atoms with E-state index in [0.717, 1.165) is 6.42 Å². The first-order valence-corrected chi connectivity index (χ1v) is 8.42. The first-order chi connectivity index (χ1) is 10.9. The van der Waals surface area contributed by atoms with Gasteiger partial charge in [-0.15, -0.1) is 0 Å². The normalized spacial score (nSPS) is 18.2. The molecule has 1 heterocycles. The monoisotopic (exact) mass is 294 g/mol. The van der Waals surface area contributed by atoms with Crippen molar-refractivity contribution in [2.24, 2.45) is 0 Å². The Kier molecular flexibility index (Phi) is 5.25. The third-order valence-electron chi connectivity index (χ3n) is 4.75. The standard InChI is InChI=1S/C20H26N2/c1-2-21-13-15-22(16-14-21)20(19-11-7-4-8-12-19)17-18-9-5-3-6-10-18/h3-12,20H,2,13-17H2,1H3. The number of benzene rings is 2. The molecule has 0 N–H and O–H groups in total. The zero-order valence-electron chi connectivity index (χ0n) is 13.5. The minimum absolute atomic E-state index is 0.489. The van der Waals surface area contributed by atoms with E-state index in [1.807, 2.05) is 0 Å². The van der Waals surface area contributed by atoms with Gasteiger partial charge in [0, 0.05) is 32.2 Å². The van der Waals surface area contributed by atoms with Crippen molar-refractivity contribution < 1.29 is 0 Å². The highest BCUT2D eigenvalue weighted by Crippen LogP contribution is 2.26. The van der Waals surface area contributed by atoms with Crippen LogP contribution in [0.15, 0.2) is 60.7 Å². The van der Waals surface area contributed by atoms with Crippen molar-refractivity contribution in [3.8, 4) is 0 Å². The van der Waals surface area contributed by atoms with Crippen LogP contribution in [0.4, 0.5) is 0 Å². The quantitative estimate of drug-likeness (QED) is 0.831. The molecular weight excluding hydrogens is 268 g/mol. The molecule has 3 rings (SSSR count). The first-order valence-electron chi connectivity index (χ1n) is 8.42. The molecule has 1 fully saturated rings. The zero-order valence-corrected chi connectivity index (χ0v) is 13.5. The van der Waals surface area contributed by atoms with Gasteiger partial charge in [0.2, 0.25) is 0 Å². The third-order valence-corrected chi connectivity index (χ3v) is 4.75. The molecule has 1 aliphatic rings. The third kappa shape index (κ3) is 3.76. The van der Waals surface area contributed by atoms with Gasteiger partial charge in [-0.1, -0.05) is 67.6 Å². The number of rotatable bonds is 5. The molecule has 1 saturated heterocycles. The van der Waals surface area contributed by atoms with Crippen molar-refractivity contribution >= 4 is 0 Å². The maximum absolute atomic E-state index is 2.66. The Morgan fingerprint density at radius 1 is 0.818 bits per heavy atom. The highest BCUT2D eigenvalue weighted by molar-refractivity contribution is 5.24. The second-order valence-electron chi connectivity index (χ2n) is 6.09. The summed E-state index contributed by atoms with van der Waals surface area (Å²) in [6.07, 6.45) is 1.09. The van der Waals surface area contributed by atoms with Crippen LogP contribution in [0, 0.1) is 0 Å². The lowest BCUT2D eigenvalue weighted by atomic mass is 9.96. The highest BCUT2D eigenvalue weighted by Gasteiger charge is 2.24. The first kappa shape index (κ1) is 15.3. The Bertz CT molecular complexity index is 544. The van der Waals surface area contributed by atoms with Crippen LogP contribution in [0.1, 0.15) is 24.1 Å². The van der Waals surface area contributed by atoms with E-state index in [4.69, 9.17) is 0 Å². The van der Waals surface area contributed by atoms with Gasteiger partial charge >= 0.3 is 0 Å². The Labute approximate surface area is 134 Å². The van der Waals surface area contributed by atoms with Gasteiger partial charge in [0.15, 0.2) is 0 Å². The molecule has 0 bridgehead atoms. The summed E-state index contributed by atoms with van der Waals surface area (Å²) >= 11 is 0. The van der Waals surface area contributed by atoms with Gasteiger partial charge in [-0.25, -0.2) is 0 Å². The van der Waals surface area contributed by atoms with Gasteiger partial charge in [0.25, 0.3) is 0 Å². The lowest BCUT2D eigenvalue weighted by Crippen LogP contribution is -2.47. The second kappa shape index (κ2) is 7.57. The average Bonchev–Trinajstić information content (AvgIpc) is 2.61. The fraction of sp³-hybridized carbons (Fsp3) is 0.400. The molecule has 1 unspecified atom stereocenters. The fourth-order valence-corrected chi connectivity index (χ4v) is 3.36. The Morgan fingerprint density at radius 2 is 1.41 bits per heavy atom. The van der Waals surface area contributed by atoms with E-state index in [0.29, 0.717) is 6.04 Å². The van der Waals surface area contributed by atoms with Crippen LogP contribution in [-0.2, 0) is 6.42 Å². The summed E-state index contributed by atoms with van der Waals surface area (Å²) < 4.78 is 0. The van der Waals surface area contributed by atoms with Gasteiger partial charge in [0.05, 0.1) is 0 Å². The minimum atomic E-state index is 0.489. The number of piperazine rings is 1. The number of nitrogens with zero attached hydrogens (tertiary/aromatic N) is 2. The summed E-state index contributed by atoms with van der Waals surface area (Å²) in [6.45, 7) is 8.14. The summed E-state index contributed by atoms with van der Waals surface area (Å²) in [6, 6.07) is 22.4. The molecule has 0 radical (unpaired) electrons. The Morgan fingerprint density at radius 3 is 2.00 bits per heavy atom. The van der Waals surface area contributed by atoms with Crippen LogP contribution in [0.25, 0.3) is 0 Å². The molecule has 22 heavy (non-hydrogen) atoms. The van der Waals surface area contributed by atoms with Crippen molar-refractivity contribution in [1.29, 1.82) is 0 Å². The van der Waals surface area contributed by atoms with Crippen LogP contribution in [0.5, 0.6) is 0 Å². The number of hydrogen-bond acceptors (Lipinski definition) is 2. The Hall–Kier alpha value is -1.64. The van der Waals surface area contributed by atoms with Gasteiger partial charge < -0.3 is 4.90 Å². The summed E-state index contributed by atoms with van der Waals surface area (Å²) in [7, 11) is 0. The highest BCUT2D eigenvalue weighted by atomic mass is 15.3. The maximum atomic E-state index is 2.66. The second-order valence-corrected chi connectivity index (χ2v) is 6.09. The Balaban J connectivity index is 1.78. The van der Waals surface area contributed by atoms with Crippen LogP contribution in [-0.4, -0.2) is 42.5 Å². The van der Waals surface area contributed by atoms with Crippen LogP contribution >= 0.6 is 0 Å². The van der Waals surface area contributed by atoms with E-state index in [2.05, 4.69) is 77.4 Å². The molecule has 0 aromatic heterocycles. The van der Waals surface area contributed by atoms with Crippen molar-refractivity contribution in [2.75, 3.05) is 32.7 Å². The van der Waals surface area contributed by atoms with E-state index < -0.39 is 0 Å². The van der Waals surface area contributed by atoms with E-state index in [1.54, 1.807) is 0 Å². The lowest BCUT2D eigenvalue weighted by molar-refractivity contribution is 0.0988. The molecule has 1 atom stereocenters. The molecule has 2 aromatic carbocycles. The smallest absolute Gasteiger partial charge is 0.0389 e. The van der Waals surface area contributed by atoms with Gasteiger partial charge in [-0.05, 0) is 24.1 Å². The summed E-state index contributed by atoms with van der Waals surface area (Å²) in [5.41, 5.74) is 2.87. The molecule has 0 aliphatic carbocycles. The van der Waals surface area contributed by atoms with Gasteiger partial charge in [-0.2, -0.15) is 0 Å². The molecule has 0 saturated carbocycles. The van der Waals surface area contributed by atoms with Crippen LogP contribution < -0.4 is 0 Å². The van der Waals surface area contributed by atoms with E-state index >= 15 is 0 Å². The van der Waals surface area contributed by atoms with Crippen molar-refractivity contribution in [3.63, 3.8) is 0 Å². The minimum Gasteiger partial charge on any atom is -0.301 e. The molecule has 2 aromatic rings. The van der Waals surface area contributed by atoms with Crippen LogP contribution in [0.2, 0.25) is 0 Å². The molecule has 2 heteroatoms. The molecular formula is C20H26N2. The largest absolute Gasteiger partial charge is 0.301 e. The molecule has 0 spiro atoms. The lowest BCUT2D eigenvalue weighted by Gasteiger charge is -2.39. The maximum Gasteiger partial charge on any atom is 0.0389 e. The summed E-state index contributed by atoms with van der Waals surface area (Å²) in [5.74, 6) is 0. The van der Waals surface area contributed by atoms with Gasteiger partial charge in [-0.3, -0.25) is 4.90 Å². The number of likely N-dealkylation sites (N-methyl/N-ethyl adjacent to an activating group) is 1. The van der Waals surface area contributed by atoms with E-state index in [9.17, 15) is 0 Å². The molecule has 1 aliphatic heterocycles. The SMILES string of the molecule is CCN1CCN(C(Cc2ccccc2)c2ccccc2)CC1. The van der Waals surface area contributed by atoms with E-state index in [-0.39, 0.29) is 0 Å². The average molecular weight is 294 g/mol. The number of hydrogen-bond donors (Lipinski definition) is 0. The van der Waals surface area contributed by atoms with Gasteiger partial charge in [0.1, 0.15) is 0 Å². The summed E-state index contributed by atoms with van der Waals surface area (Å²) in [4.78, 5) is 5.20. The predicted molar refractivity (Wildman–Crippen MR) is 93.0 cm³/mol. The molecule has 0 amide bonds. The fourth-order valence-electron chi connectivity index (χ4n) is 3.36. The molecule has 116 valence electrons. The van der Waals surface area contributed by atoms with Crippen molar-refractivity contribution in [2.45, 2.75) is 19.4 Å². The molecule has 2 nitrogen and oxygen atoms in total.